The van der Waals surface area contributed by atoms with Gasteiger partial charge in [0.05, 0.1) is 21.5 Å². The normalized spacial score (nSPS) is 12.1. The van der Waals surface area contributed by atoms with Crippen molar-refractivity contribution >= 4 is 53.9 Å². The predicted molar refractivity (Wildman–Crippen MR) is 106 cm³/mol. The summed E-state index contributed by atoms with van der Waals surface area (Å²) in [5.41, 5.74) is -2.56. The topological polar surface area (TPSA) is 94.6 Å². The maximum atomic E-state index is 11.8. The van der Waals surface area contributed by atoms with E-state index in [0.717, 1.165) is 32.3 Å². The molecule has 2 aromatic heterocycles. The van der Waals surface area contributed by atoms with Crippen LogP contribution in [0.3, 0.4) is 0 Å². The molecule has 0 fully saturated rings. The molecule has 6 nitrogen and oxygen atoms in total. The summed E-state index contributed by atoms with van der Waals surface area (Å²) in [5.74, 6) is 0. The molecule has 0 saturated carbocycles. The SMILES string of the molecule is O=c1oc(=O)c2cc3cc4cc5cc6c(=O)oc(=O)c6cc5cc4cc3cc12. The average Bonchev–Trinajstić information content (AvgIpc) is 3.10. The van der Waals surface area contributed by atoms with Crippen molar-refractivity contribution in [3.8, 4) is 0 Å². The predicted octanol–water partition coefficient (Wildman–Crippen LogP) is 2.96. The van der Waals surface area contributed by atoms with Gasteiger partial charge in [-0.25, -0.2) is 19.2 Å². The van der Waals surface area contributed by atoms with Crippen molar-refractivity contribution in [2.24, 2.45) is 0 Å². The van der Waals surface area contributed by atoms with Crippen LogP contribution in [-0.4, -0.2) is 0 Å². The fourth-order valence-electron chi connectivity index (χ4n) is 3.92. The van der Waals surface area contributed by atoms with Crippen LogP contribution in [0.5, 0.6) is 0 Å². The molecule has 0 spiro atoms. The molecule has 0 radical (unpaired) electrons. The third-order valence-corrected chi connectivity index (χ3v) is 5.27. The zero-order chi connectivity index (χ0) is 19.2. The third-order valence-electron chi connectivity index (χ3n) is 5.27. The number of rotatable bonds is 0. The van der Waals surface area contributed by atoms with Crippen LogP contribution in [0.2, 0.25) is 0 Å². The molecule has 0 bridgehead atoms. The summed E-state index contributed by atoms with van der Waals surface area (Å²) >= 11 is 0. The Morgan fingerprint density at radius 1 is 0.357 bits per heavy atom. The largest absolute Gasteiger partial charge is 0.386 e. The first kappa shape index (κ1) is 15.0. The van der Waals surface area contributed by atoms with Crippen molar-refractivity contribution in [2.75, 3.05) is 0 Å². The van der Waals surface area contributed by atoms with Gasteiger partial charge >= 0.3 is 22.5 Å². The summed E-state index contributed by atoms with van der Waals surface area (Å²) < 4.78 is 9.35. The first-order valence-electron chi connectivity index (χ1n) is 8.50. The Balaban J connectivity index is 1.76. The van der Waals surface area contributed by atoms with Crippen molar-refractivity contribution in [1.29, 1.82) is 0 Å². The van der Waals surface area contributed by atoms with Crippen LogP contribution in [-0.2, 0) is 0 Å². The molecule has 0 unspecified atom stereocenters. The minimum Gasteiger partial charge on any atom is -0.386 e. The van der Waals surface area contributed by atoms with Gasteiger partial charge in [0.15, 0.2) is 0 Å². The van der Waals surface area contributed by atoms with Crippen molar-refractivity contribution < 1.29 is 8.83 Å². The van der Waals surface area contributed by atoms with Gasteiger partial charge in [-0.05, 0) is 80.8 Å². The molecule has 0 atom stereocenters. The van der Waals surface area contributed by atoms with E-state index < -0.39 is 22.5 Å². The van der Waals surface area contributed by atoms with Crippen LogP contribution < -0.4 is 22.5 Å². The highest BCUT2D eigenvalue weighted by molar-refractivity contribution is 6.09. The van der Waals surface area contributed by atoms with E-state index in [4.69, 9.17) is 0 Å². The van der Waals surface area contributed by atoms with E-state index in [1.165, 1.54) is 0 Å². The fraction of sp³-hybridized carbons (Fsp3) is 0. The number of benzene rings is 4. The number of hydrogen-bond acceptors (Lipinski definition) is 6. The average molecular weight is 368 g/mol. The Kier molecular flexibility index (Phi) is 2.58. The van der Waals surface area contributed by atoms with Gasteiger partial charge in [0, 0.05) is 0 Å². The molecule has 6 aromatic rings. The molecule has 2 heterocycles. The fourth-order valence-corrected chi connectivity index (χ4v) is 3.92. The van der Waals surface area contributed by atoms with E-state index in [2.05, 4.69) is 8.83 Å². The molecule has 4 aromatic carbocycles. The minimum atomic E-state index is -0.640. The van der Waals surface area contributed by atoms with Gasteiger partial charge < -0.3 is 8.83 Å². The lowest BCUT2D eigenvalue weighted by molar-refractivity contribution is 0.499. The van der Waals surface area contributed by atoms with Crippen LogP contribution in [0.25, 0.3) is 53.9 Å². The lowest BCUT2D eigenvalue weighted by Crippen LogP contribution is -1.94. The van der Waals surface area contributed by atoms with Crippen LogP contribution >= 0.6 is 0 Å². The Labute approximate surface area is 153 Å². The number of furan rings is 2. The highest BCUT2D eigenvalue weighted by Crippen LogP contribution is 2.30. The molecule has 0 saturated heterocycles. The second-order valence-corrected chi connectivity index (χ2v) is 6.90. The molecule has 0 aliphatic rings. The van der Waals surface area contributed by atoms with Crippen molar-refractivity contribution in [3.05, 3.63) is 90.2 Å². The van der Waals surface area contributed by atoms with Crippen LogP contribution in [0.4, 0.5) is 0 Å². The van der Waals surface area contributed by atoms with Crippen LogP contribution in [0.1, 0.15) is 0 Å². The molecule has 0 aliphatic heterocycles. The van der Waals surface area contributed by atoms with Gasteiger partial charge in [0.2, 0.25) is 0 Å². The van der Waals surface area contributed by atoms with E-state index in [1.807, 2.05) is 24.3 Å². The van der Waals surface area contributed by atoms with Crippen LogP contribution in [0, 0.1) is 0 Å². The monoisotopic (exact) mass is 368 g/mol. The summed E-state index contributed by atoms with van der Waals surface area (Å²) in [5, 5.41) is 6.04. The van der Waals surface area contributed by atoms with Gasteiger partial charge in [-0.15, -0.1) is 0 Å². The maximum absolute atomic E-state index is 11.8. The smallest absolute Gasteiger partial charge is 0.346 e. The number of fused-ring (bicyclic) bond motifs is 5. The third kappa shape index (κ3) is 1.86. The van der Waals surface area contributed by atoms with Gasteiger partial charge in [-0.3, -0.25) is 0 Å². The Bertz CT molecular complexity index is 1580. The molecule has 0 N–H and O–H groups in total. The molecule has 28 heavy (non-hydrogen) atoms. The standard InChI is InChI=1S/C22H8O6/c23-19-15-5-11-1-9-2-13-7-17-18(22(26)28-21(17)25)8-14(13)4-10(9)3-12(11)6-16(15)20(24)27-19/h1-8H. The van der Waals surface area contributed by atoms with Crippen molar-refractivity contribution in [2.45, 2.75) is 0 Å². The summed E-state index contributed by atoms with van der Waals surface area (Å²) in [6, 6.07) is 14.3. The van der Waals surface area contributed by atoms with Crippen molar-refractivity contribution in [1.82, 2.24) is 0 Å². The Morgan fingerprint density at radius 2 is 0.571 bits per heavy atom. The van der Waals surface area contributed by atoms with Gasteiger partial charge in [-0.1, -0.05) is 0 Å². The molecule has 0 aliphatic carbocycles. The van der Waals surface area contributed by atoms with Crippen LogP contribution in [0.15, 0.2) is 76.5 Å². The van der Waals surface area contributed by atoms with E-state index in [1.54, 1.807) is 24.3 Å². The van der Waals surface area contributed by atoms with E-state index in [0.29, 0.717) is 0 Å². The van der Waals surface area contributed by atoms with Gasteiger partial charge in [0.25, 0.3) is 0 Å². The van der Waals surface area contributed by atoms with Gasteiger partial charge in [-0.2, -0.15) is 0 Å². The Morgan fingerprint density at radius 3 is 0.821 bits per heavy atom. The van der Waals surface area contributed by atoms with E-state index in [-0.39, 0.29) is 21.5 Å². The first-order chi connectivity index (χ1) is 13.5. The molecular formula is C22H8O6. The van der Waals surface area contributed by atoms with E-state index >= 15 is 0 Å². The van der Waals surface area contributed by atoms with Gasteiger partial charge in [0.1, 0.15) is 0 Å². The molecule has 6 rings (SSSR count). The highest BCUT2D eigenvalue weighted by Gasteiger charge is 2.13. The first-order valence-corrected chi connectivity index (χ1v) is 8.50. The summed E-state index contributed by atoms with van der Waals surface area (Å²) in [6.45, 7) is 0. The zero-order valence-corrected chi connectivity index (χ0v) is 14.1. The summed E-state index contributed by atoms with van der Waals surface area (Å²) in [4.78, 5) is 47.2. The molecule has 0 amide bonds. The van der Waals surface area contributed by atoms with E-state index in [9.17, 15) is 19.2 Å². The Hall–Kier alpha value is -4.06. The molecule has 6 heteroatoms. The minimum absolute atomic E-state index is 0.261. The highest BCUT2D eigenvalue weighted by atomic mass is 16.4. The molecule has 132 valence electrons. The van der Waals surface area contributed by atoms with Crippen molar-refractivity contribution in [3.63, 3.8) is 0 Å². The quantitative estimate of drug-likeness (QED) is 0.383. The second-order valence-electron chi connectivity index (χ2n) is 6.90. The lowest BCUT2D eigenvalue weighted by Gasteiger charge is -2.05. The maximum Gasteiger partial charge on any atom is 0.346 e. The second kappa shape index (κ2) is 4.80. The summed E-state index contributed by atoms with van der Waals surface area (Å²) in [6.07, 6.45) is 0. The molecular weight excluding hydrogens is 360 g/mol. The lowest BCUT2D eigenvalue weighted by atomic mass is 9.97. The number of hydrogen-bond donors (Lipinski definition) is 0. The zero-order valence-electron chi connectivity index (χ0n) is 14.1. The summed E-state index contributed by atoms with van der Waals surface area (Å²) in [7, 11) is 0.